The van der Waals surface area contributed by atoms with Crippen LogP contribution in [0.1, 0.15) is 55.9 Å². The van der Waals surface area contributed by atoms with Gasteiger partial charge in [0.2, 0.25) is 0 Å². The van der Waals surface area contributed by atoms with E-state index >= 15 is 0 Å². The number of carbonyl (C=O) groups is 2. The van der Waals surface area contributed by atoms with Crippen LogP contribution in [0.5, 0.6) is 0 Å². The molecule has 1 aliphatic carbocycles. The van der Waals surface area contributed by atoms with E-state index < -0.39 is 0 Å². The Morgan fingerprint density at radius 1 is 1.16 bits per heavy atom. The first kappa shape index (κ1) is 20.9. The molecule has 8 heteroatoms. The normalized spacial score (nSPS) is 13.2. The predicted octanol–water partition coefficient (Wildman–Crippen LogP) is 5.76. The number of anilines is 1. The van der Waals surface area contributed by atoms with E-state index in [9.17, 15) is 9.59 Å². The maximum atomic E-state index is 13.2. The van der Waals surface area contributed by atoms with Crippen molar-refractivity contribution < 1.29 is 14.3 Å². The molecule has 0 aliphatic heterocycles. The Morgan fingerprint density at radius 3 is 2.72 bits per heavy atom. The fraction of sp³-hybridized carbons (Fsp3) is 0.292. The Balaban J connectivity index is 1.50. The van der Waals surface area contributed by atoms with Crippen LogP contribution in [0.25, 0.3) is 15.9 Å². The second kappa shape index (κ2) is 8.52. The summed E-state index contributed by atoms with van der Waals surface area (Å²) in [5.41, 5.74) is 3.41. The molecule has 3 heterocycles. The van der Waals surface area contributed by atoms with Crippen molar-refractivity contribution in [1.82, 2.24) is 9.78 Å². The van der Waals surface area contributed by atoms with Crippen LogP contribution in [0, 0.1) is 6.92 Å². The Kier molecular flexibility index (Phi) is 5.57. The number of amides is 1. The number of esters is 1. The zero-order valence-electron chi connectivity index (χ0n) is 17.9. The first-order chi connectivity index (χ1) is 15.6. The highest BCUT2D eigenvalue weighted by Crippen LogP contribution is 2.39. The number of hydrogen-bond acceptors (Lipinski definition) is 6. The van der Waals surface area contributed by atoms with Gasteiger partial charge in [0, 0.05) is 10.3 Å². The highest BCUT2D eigenvalue weighted by Gasteiger charge is 2.28. The fourth-order valence-electron chi connectivity index (χ4n) is 4.14. The number of fused-ring (bicyclic) bond motifs is 2. The second-order valence-electron chi connectivity index (χ2n) is 7.75. The van der Waals surface area contributed by atoms with Gasteiger partial charge in [-0.2, -0.15) is 5.10 Å². The van der Waals surface area contributed by atoms with Crippen LogP contribution in [0.15, 0.2) is 36.4 Å². The van der Waals surface area contributed by atoms with E-state index in [0.29, 0.717) is 22.0 Å². The molecule has 1 amide bonds. The van der Waals surface area contributed by atoms with E-state index in [1.807, 2.05) is 48.0 Å². The zero-order valence-corrected chi connectivity index (χ0v) is 19.6. The number of nitrogens with zero attached hydrogens (tertiary/aromatic N) is 2. The largest absolute Gasteiger partial charge is 0.462 e. The third-order valence-corrected chi connectivity index (χ3v) is 7.96. The van der Waals surface area contributed by atoms with Crippen LogP contribution >= 0.6 is 22.7 Å². The standard InChI is InChI=1S/C24H23N3O3S2/c1-3-30-24(29)20-16-11-7-8-12-18(16)31-22(20)25-21(28)19-13-17-14(2)26-27(23(17)32-19)15-9-5-4-6-10-15/h4-6,9-10,13H,3,7-8,11-12H2,1-2H3,(H,25,28). The summed E-state index contributed by atoms with van der Waals surface area (Å²) in [7, 11) is 0. The first-order valence-corrected chi connectivity index (χ1v) is 12.4. The monoisotopic (exact) mass is 465 g/mol. The second-order valence-corrected chi connectivity index (χ2v) is 9.89. The minimum absolute atomic E-state index is 0.214. The molecule has 3 aromatic heterocycles. The van der Waals surface area contributed by atoms with E-state index in [0.717, 1.165) is 52.8 Å². The number of hydrogen-bond donors (Lipinski definition) is 1. The van der Waals surface area contributed by atoms with Crippen molar-refractivity contribution in [3.63, 3.8) is 0 Å². The Morgan fingerprint density at radius 2 is 1.94 bits per heavy atom. The third kappa shape index (κ3) is 3.63. The summed E-state index contributed by atoms with van der Waals surface area (Å²) in [4.78, 5) is 28.6. The summed E-state index contributed by atoms with van der Waals surface area (Å²) in [5, 5.41) is 9.21. The number of para-hydroxylation sites is 1. The first-order valence-electron chi connectivity index (χ1n) is 10.7. The van der Waals surface area contributed by atoms with Gasteiger partial charge >= 0.3 is 5.97 Å². The maximum absolute atomic E-state index is 13.2. The van der Waals surface area contributed by atoms with Crippen LogP contribution < -0.4 is 5.32 Å². The molecule has 0 spiro atoms. The van der Waals surface area contributed by atoms with E-state index in [1.165, 1.54) is 27.6 Å². The minimum Gasteiger partial charge on any atom is -0.462 e. The molecule has 164 valence electrons. The molecule has 0 saturated carbocycles. The zero-order chi connectivity index (χ0) is 22.2. The molecule has 32 heavy (non-hydrogen) atoms. The van der Waals surface area contributed by atoms with Gasteiger partial charge in [0.25, 0.3) is 5.91 Å². The fourth-order valence-corrected chi connectivity index (χ4v) is 6.49. The molecule has 0 atom stereocenters. The lowest BCUT2D eigenvalue weighted by molar-refractivity contribution is 0.0526. The molecule has 0 radical (unpaired) electrons. The lowest BCUT2D eigenvalue weighted by Gasteiger charge is -2.12. The lowest BCUT2D eigenvalue weighted by Crippen LogP contribution is -2.15. The molecule has 4 aromatic rings. The predicted molar refractivity (Wildman–Crippen MR) is 129 cm³/mol. The number of benzene rings is 1. The van der Waals surface area contributed by atoms with Crippen molar-refractivity contribution in [1.29, 1.82) is 0 Å². The van der Waals surface area contributed by atoms with Gasteiger partial charge < -0.3 is 10.1 Å². The van der Waals surface area contributed by atoms with Gasteiger partial charge in [-0.3, -0.25) is 4.79 Å². The summed E-state index contributed by atoms with van der Waals surface area (Å²) in [6.45, 7) is 4.05. The molecular formula is C24H23N3O3S2. The number of carbonyl (C=O) groups excluding carboxylic acids is 2. The summed E-state index contributed by atoms with van der Waals surface area (Å²) in [5.74, 6) is -0.566. The van der Waals surface area contributed by atoms with Gasteiger partial charge in [0.1, 0.15) is 9.83 Å². The van der Waals surface area contributed by atoms with Gasteiger partial charge in [-0.15, -0.1) is 22.7 Å². The summed E-state index contributed by atoms with van der Waals surface area (Å²) < 4.78 is 7.18. The van der Waals surface area contributed by atoms with Crippen LogP contribution in [-0.4, -0.2) is 28.3 Å². The number of ether oxygens (including phenoxy) is 1. The molecule has 0 bridgehead atoms. The van der Waals surface area contributed by atoms with Crippen LogP contribution in [0.3, 0.4) is 0 Å². The molecule has 0 saturated heterocycles. The average Bonchev–Trinajstić information content (AvgIpc) is 3.47. The van der Waals surface area contributed by atoms with Crippen molar-refractivity contribution >= 4 is 49.8 Å². The lowest BCUT2D eigenvalue weighted by atomic mass is 9.95. The number of rotatable bonds is 5. The number of aromatic nitrogens is 2. The summed E-state index contributed by atoms with van der Waals surface area (Å²) in [6.07, 6.45) is 3.95. The van der Waals surface area contributed by atoms with E-state index in [1.54, 1.807) is 6.92 Å². The van der Waals surface area contributed by atoms with Crippen molar-refractivity contribution in [3.05, 3.63) is 63.0 Å². The SMILES string of the molecule is CCOC(=O)c1c(NC(=O)c2cc3c(C)nn(-c4ccccc4)c3s2)sc2c1CCCC2. The van der Waals surface area contributed by atoms with Gasteiger partial charge in [-0.25, -0.2) is 9.48 Å². The van der Waals surface area contributed by atoms with Gasteiger partial charge in [-0.1, -0.05) is 18.2 Å². The van der Waals surface area contributed by atoms with Gasteiger partial charge in [-0.05, 0) is 63.3 Å². The summed E-state index contributed by atoms with van der Waals surface area (Å²) >= 11 is 2.91. The van der Waals surface area contributed by atoms with E-state index in [4.69, 9.17) is 4.74 Å². The van der Waals surface area contributed by atoms with Crippen molar-refractivity contribution in [2.45, 2.75) is 39.5 Å². The van der Waals surface area contributed by atoms with E-state index in [-0.39, 0.29) is 11.9 Å². The third-order valence-electron chi connectivity index (χ3n) is 5.65. The smallest absolute Gasteiger partial charge is 0.341 e. The Bertz CT molecular complexity index is 1320. The van der Waals surface area contributed by atoms with Gasteiger partial charge in [0.05, 0.1) is 28.4 Å². The number of aryl methyl sites for hydroxylation is 2. The van der Waals surface area contributed by atoms with Gasteiger partial charge in [0.15, 0.2) is 0 Å². The Hall–Kier alpha value is -2.97. The maximum Gasteiger partial charge on any atom is 0.341 e. The number of nitrogens with one attached hydrogen (secondary N) is 1. The van der Waals surface area contributed by atoms with Crippen molar-refractivity contribution in [2.24, 2.45) is 0 Å². The quantitative estimate of drug-likeness (QED) is 0.380. The number of thiophene rings is 2. The molecule has 6 nitrogen and oxygen atoms in total. The molecule has 0 fully saturated rings. The van der Waals surface area contributed by atoms with E-state index in [2.05, 4.69) is 10.4 Å². The minimum atomic E-state index is -0.353. The summed E-state index contributed by atoms with van der Waals surface area (Å²) in [6, 6.07) is 11.8. The average molecular weight is 466 g/mol. The molecule has 1 aromatic carbocycles. The molecular weight excluding hydrogens is 442 g/mol. The van der Waals surface area contributed by atoms with Crippen LogP contribution in [0.2, 0.25) is 0 Å². The molecule has 1 N–H and O–H groups in total. The van der Waals surface area contributed by atoms with Crippen molar-refractivity contribution in [3.8, 4) is 5.69 Å². The highest BCUT2D eigenvalue weighted by molar-refractivity contribution is 7.21. The molecule has 1 aliphatic rings. The molecule has 0 unspecified atom stereocenters. The highest BCUT2D eigenvalue weighted by atomic mass is 32.1. The Labute approximate surface area is 193 Å². The van der Waals surface area contributed by atoms with Crippen LogP contribution in [0.4, 0.5) is 5.00 Å². The van der Waals surface area contributed by atoms with Crippen LogP contribution in [-0.2, 0) is 17.6 Å². The topological polar surface area (TPSA) is 73.2 Å². The molecule has 5 rings (SSSR count). The van der Waals surface area contributed by atoms with Crippen molar-refractivity contribution in [2.75, 3.05) is 11.9 Å².